The zero-order valence-corrected chi connectivity index (χ0v) is 7.04. The lowest BCUT2D eigenvalue weighted by atomic mass is 10.1. The zero-order valence-electron chi connectivity index (χ0n) is 7.04. The van der Waals surface area contributed by atoms with Crippen LogP contribution in [0.1, 0.15) is 19.8 Å². The molecule has 1 saturated carbocycles. The number of carbonyl (C=O) groups is 1. The lowest BCUT2D eigenvalue weighted by molar-refractivity contribution is -0.137. The molecular formula is C9H11NO2. The second-order valence-electron chi connectivity index (χ2n) is 2.85. The first kappa shape index (κ1) is 8.79. The maximum absolute atomic E-state index is 10.8. The predicted molar refractivity (Wildman–Crippen MR) is 43.1 cm³/mol. The lowest BCUT2D eigenvalue weighted by Gasteiger charge is -1.96. The van der Waals surface area contributed by atoms with Crippen LogP contribution in [-0.2, 0) is 9.53 Å². The van der Waals surface area contributed by atoms with E-state index in [1.807, 2.05) is 0 Å². The van der Waals surface area contributed by atoms with Gasteiger partial charge in [-0.3, -0.25) is 0 Å². The number of nitrogens with zero attached hydrogens (tertiary/aromatic N) is 1. The molecule has 0 atom stereocenters. The van der Waals surface area contributed by atoms with Crippen LogP contribution in [0.2, 0.25) is 0 Å². The Bertz CT molecular complexity index is 246. The van der Waals surface area contributed by atoms with Crippen molar-refractivity contribution in [2.24, 2.45) is 5.41 Å². The van der Waals surface area contributed by atoms with E-state index in [0.29, 0.717) is 6.61 Å². The lowest BCUT2D eigenvalue weighted by Crippen LogP contribution is -2.00. The fourth-order valence-electron chi connectivity index (χ4n) is 0.868. The highest BCUT2D eigenvalue weighted by molar-refractivity contribution is 5.82. The van der Waals surface area contributed by atoms with Gasteiger partial charge in [-0.05, 0) is 19.8 Å². The number of esters is 1. The van der Waals surface area contributed by atoms with Crippen LogP contribution in [0.15, 0.2) is 12.2 Å². The monoisotopic (exact) mass is 165 g/mol. The van der Waals surface area contributed by atoms with E-state index in [1.54, 1.807) is 13.0 Å². The zero-order chi connectivity index (χ0) is 9.03. The maximum atomic E-state index is 10.8. The van der Waals surface area contributed by atoms with Crippen molar-refractivity contribution in [3.05, 3.63) is 12.2 Å². The maximum Gasteiger partial charge on any atom is 0.330 e. The predicted octanol–water partition coefficient (Wildman–Crippen LogP) is 1.41. The summed E-state index contributed by atoms with van der Waals surface area (Å²) >= 11 is 0. The molecule has 3 heteroatoms. The van der Waals surface area contributed by atoms with Crippen LogP contribution < -0.4 is 0 Å². The molecule has 0 amide bonds. The van der Waals surface area contributed by atoms with E-state index in [4.69, 9.17) is 5.26 Å². The summed E-state index contributed by atoms with van der Waals surface area (Å²) in [6, 6.07) is 2.16. The standard InChI is InChI=1S/C9H11NO2/c1-2-12-8(11)3-4-9(7-10)5-6-9/h3-4H,2,5-6H2,1H3/b4-3+. The molecule has 0 aromatic carbocycles. The van der Waals surface area contributed by atoms with Gasteiger partial charge in [0.25, 0.3) is 0 Å². The molecule has 0 spiro atoms. The Morgan fingerprint density at radius 3 is 2.83 bits per heavy atom. The first-order valence-electron chi connectivity index (χ1n) is 4.00. The van der Waals surface area contributed by atoms with Gasteiger partial charge in [-0.25, -0.2) is 4.79 Å². The van der Waals surface area contributed by atoms with Crippen LogP contribution in [0.25, 0.3) is 0 Å². The second kappa shape index (κ2) is 3.40. The third kappa shape index (κ3) is 2.09. The van der Waals surface area contributed by atoms with Gasteiger partial charge >= 0.3 is 5.97 Å². The van der Waals surface area contributed by atoms with Crippen LogP contribution in [0.3, 0.4) is 0 Å². The molecular weight excluding hydrogens is 154 g/mol. The third-order valence-corrected chi connectivity index (χ3v) is 1.84. The Kier molecular flexibility index (Phi) is 2.49. The van der Waals surface area contributed by atoms with E-state index >= 15 is 0 Å². The minimum absolute atomic E-state index is 0.354. The molecule has 1 aliphatic rings. The van der Waals surface area contributed by atoms with Crippen molar-refractivity contribution in [3.8, 4) is 6.07 Å². The van der Waals surface area contributed by atoms with E-state index in [9.17, 15) is 4.79 Å². The SMILES string of the molecule is CCOC(=O)/C=C/C1(C#N)CC1. The van der Waals surface area contributed by atoms with Gasteiger partial charge in [0, 0.05) is 6.08 Å². The molecule has 0 bridgehead atoms. The van der Waals surface area contributed by atoms with Crippen LogP contribution in [-0.4, -0.2) is 12.6 Å². The smallest absolute Gasteiger partial charge is 0.330 e. The van der Waals surface area contributed by atoms with Gasteiger partial charge in [-0.2, -0.15) is 5.26 Å². The number of hydrogen-bond acceptors (Lipinski definition) is 3. The minimum atomic E-state index is -0.362. The van der Waals surface area contributed by atoms with Crippen molar-refractivity contribution in [1.82, 2.24) is 0 Å². The summed E-state index contributed by atoms with van der Waals surface area (Å²) in [5.74, 6) is -0.362. The van der Waals surface area contributed by atoms with Crippen molar-refractivity contribution in [2.45, 2.75) is 19.8 Å². The van der Waals surface area contributed by atoms with Crippen LogP contribution >= 0.6 is 0 Å². The normalized spacial score (nSPS) is 18.7. The van der Waals surface area contributed by atoms with Crippen molar-refractivity contribution < 1.29 is 9.53 Å². The van der Waals surface area contributed by atoms with Crippen LogP contribution in [0, 0.1) is 16.7 Å². The van der Waals surface area contributed by atoms with E-state index < -0.39 is 0 Å². The molecule has 0 heterocycles. The largest absolute Gasteiger partial charge is 0.463 e. The summed E-state index contributed by atoms with van der Waals surface area (Å²) in [7, 11) is 0. The molecule has 0 unspecified atom stereocenters. The number of hydrogen-bond donors (Lipinski definition) is 0. The van der Waals surface area contributed by atoms with E-state index in [0.717, 1.165) is 12.8 Å². The second-order valence-corrected chi connectivity index (χ2v) is 2.85. The quantitative estimate of drug-likeness (QED) is 0.469. The molecule has 3 nitrogen and oxygen atoms in total. The molecule has 1 aliphatic carbocycles. The molecule has 0 N–H and O–H groups in total. The third-order valence-electron chi connectivity index (χ3n) is 1.84. The number of carbonyl (C=O) groups excluding carboxylic acids is 1. The molecule has 0 aliphatic heterocycles. The fraction of sp³-hybridized carbons (Fsp3) is 0.556. The Morgan fingerprint density at radius 2 is 2.42 bits per heavy atom. The van der Waals surface area contributed by atoms with Crippen molar-refractivity contribution in [3.63, 3.8) is 0 Å². The number of ether oxygens (including phenoxy) is 1. The number of nitriles is 1. The van der Waals surface area contributed by atoms with Gasteiger partial charge in [0.15, 0.2) is 0 Å². The van der Waals surface area contributed by atoms with Crippen LogP contribution in [0.4, 0.5) is 0 Å². The summed E-state index contributed by atoms with van der Waals surface area (Å²) in [6.45, 7) is 2.13. The first-order chi connectivity index (χ1) is 5.72. The summed E-state index contributed by atoms with van der Waals surface area (Å²) in [4.78, 5) is 10.8. The topological polar surface area (TPSA) is 50.1 Å². The van der Waals surface area contributed by atoms with E-state index in [1.165, 1.54) is 6.08 Å². The molecule has 0 aromatic rings. The molecule has 1 rings (SSSR count). The summed E-state index contributed by atoms with van der Waals surface area (Å²) in [6.07, 6.45) is 4.71. The Morgan fingerprint density at radius 1 is 1.75 bits per heavy atom. The van der Waals surface area contributed by atoms with Crippen molar-refractivity contribution >= 4 is 5.97 Å². The van der Waals surface area contributed by atoms with Crippen LogP contribution in [0.5, 0.6) is 0 Å². The van der Waals surface area contributed by atoms with Crippen molar-refractivity contribution in [1.29, 1.82) is 5.26 Å². The van der Waals surface area contributed by atoms with Gasteiger partial charge in [-0.1, -0.05) is 6.08 Å². The van der Waals surface area contributed by atoms with Gasteiger partial charge in [0.2, 0.25) is 0 Å². The van der Waals surface area contributed by atoms with Gasteiger partial charge in [-0.15, -0.1) is 0 Å². The highest BCUT2D eigenvalue weighted by Crippen LogP contribution is 2.46. The highest BCUT2D eigenvalue weighted by atomic mass is 16.5. The Labute approximate surface area is 71.6 Å². The average Bonchev–Trinajstić information content (AvgIpc) is 2.82. The number of allylic oxidation sites excluding steroid dienone is 1. The molecule has 12 heavy (non-hydrogen) atoms. The van der Waals surface area contributed by atoms with E-state index in [-0.39, 0.29) is 11.4 Å². The van der Waals surface area contributed by atoms with Crippen molar-refractivity contribution in [2.75, 3.05) is 6.61 Å². The summed E-state index contributed by atoms with van der Waals surface area (Å²) < 4.78 is 4.67. The minimum Gasteiger partial charge on any atom is -0.463 e. The Hall–Kier alpha value is -1.30. The Balaban J connectivity index is 2.40. The van der Waals surface area contributed by atoms with Gasteiger partial charge in [0.05, 0.1) is 18.1 Å². The highest BCUT2D eigenvalue weighted by Gasteiger charge is 2.40. The fourth-order valence-corrected chi connectivity index (χ4v) is 0.868. The molecule has 0 saturated heterocycles. The molecule has 64 valence electrons. The van der Waals surface area contributed by atoms with Gasteiger partial charge in [0.1, 0.15) is 0 Å². The van der Waals surface area contributed by atoms with Gasteiger partial charge < -0.3 is 4.74 Å². The average molecular weight is 165 g/mol. The molecule has 0 aromatic heterocycles. The summed E-state index contributed by atoms with van der Waals surface area (Å²) in [5.41, 5.74) is -0.354. The molecule has 0 radical (unpaired) electrons. The van der Waals surface area contributed by atoms with E-state index in [2.05, 4.69) is 10.8 Å². The first-order valence-corrected chi connectivity index (χ1v) is 4.00. The molecule has 1 fully saturated rings. The number of rotatable bonds is 3. The summed E-state index contributed by atoms with van der Waals surface area (Å²) in [5, 5.41) is 8.65.